The third kappa shape index (κ3) is 17.2. The van der Waals surface area contributed by atoms with E-state index in [1.807, 2.05) is 6.08 Å². The summed E-state index contributed by atoms with van der Waals surface area (Å²) in [6.07, 6.45) is 13.1. The van der Waals surface area contributed by atoms with Crippen LogP contribution < -0.4 is 0 Å². The summed E-state index contributed by atoms with van der Waals surface area (Å²) in [7, 11) is 4.95. The minimum atomic E-state index is 0.236. The molecule has 0 aromatic carbocycles. The van der Waals surface area contributed by atoms with E-state index in [2.05, 4.69) is 85.0 Å². The van der Waals surface area contributed by atoms with E-state index in [1.165, 1.54) is 30.8 Å². The van der Waals surface area contributed by atoms with Gasteiger partial charge < -0.3 is 0 Å². The van der Waals surface area contributed by atoms with Crippen LogP contribution in [-0.2, 0) is 14.6 Å². The van der Waals surface area contributed by atoms with E-state index in [-0.39, 0.29) is 7.92 Å². The molecule has 1 atom stereocenters. The van der Waals surface area contributed by atoms with Crippen LogP contribution in [0.4, 0.5) is 0 Å². The third-order valence-corrected chi connectivity index (χ3v) is 8.89. The van der Waals surface area contributed by atoms with Crippen molar-refractivity contribution in [3.63, 3.8) is 0 Å². The van der Waals surface area contributed by atoms with Gasteiger partial charge in [-0.1, -0.05) is 66.3 Å². The molecule has 0 rings (SSSR count). The molecule has 0 aliphatic carbocycles. The number of rotatable bonds is 8. The summed E-state index contributed by atoms with van der Waals surface area (Å²) in [5, 5.41) is 0. The maximum absolute atomic E-state index is 4.26. The van der Waals surface area contributed by atoms with E-state index in [0.29, 0.717) is 7.92 Å². The molecule has 0 bridgehead atoms. The van der Waals surface area contributed by atoms with Crippen molar-refractivity contribution in [3.05, 3.63) is 24.8 Å². The molecular weight excluding hydrogens is 348 g/mol. The predicted octanol–water partition coefficient (Wildman–Crippen LogP) is 6.85. The number of allylic oxidation sites excluding steroid dienone is 3. The van der Waals surface area contributed by atoms with Gasteiger partial charge >= 0.3 is 24.8 Å². The van der Waals surface area contributed by atoms with Gasteiger partial charge in [0, 0.05) is 0 Å². The Morgan fingerprint density at radius 2 is 1.35 bits per heavy atom. The number of hydrogen-bond acceptors (Lipinski definition) is 0. The Morgan fingerprint density at radius 3 is 1.55 bits per heavy atom. The molecule has 0 heterocycles. The first kappa shape index (κ1) is 26.0. The number of halogens is 1. The van der Waals surface area contributed by atoms with Gasteiger partial charge in [0.1, 0.15) is 0 Å². The molecule has 0 spiro atoms. The molecule has 0 aromatic heterocycles. The summed E-state index contributed by atoms with van der Waals surface area (Å²) < 4.78 is 0. The van der Waals surface area contributed by atoms with Crippen LogP contribution >= 0.6 is 26.0 Å². The van der Waals surface area contributed by atoms with Crippen LogP contribution in [0.5, 0.6) is 0 Å². The quantitative estimate of drug-likeness (QED) is 0.244. The van der Waals surface area contributed by atoms with Gasteiger partial charge in [-0.15, -0.1) is 15.8 Å². The predicted molar refractivity (Wildman–Crippen MR) is 101 cm³/mol. The third-order valence-electron chi connectivity index (χ3n) is 3.26. The van der Waals surface area contributed by atoms with E-state index >= 15 is 0 Å². The van der Waals surface area contributed by atoms with E-state index in [1.54, 1.807) is 0 Å². The SMILES string of the molecule is C=C/C=C/C(C)P(CC)CC.CCP(CC)CC.[Cl][Ni]. The Labute approximate surface area is 143 Å². The van der Waals surface area contributed by atoms with Crippen molar-refractivity contribution < 1.29 is 14.6 Å². The first-order valence-corrected chi connectivity index (χ1v) is 12.5. The average Bonchev–Trinajstić information content (AvgIpc) is 2.51. The molecule has 0 nitrogen and oxygen atoms in total. The van der Waals surface area contributed by atoms with Gasteiger partial charge in [-0.3, -0.25) is 0 Å². The summed E-state index contributed by atoms with van der Waals surface area (Å²) in [6.45, 7) is 17.4. The van der Waals surface area contributed by atoms with Crippen molar-refractivity contribution in [3.8, 4) is 0 Å². The van der Waals surface area contributed by atoms with Gasteiger partial charge in [0.05, 0.1) is 0 Å². The van der Waals surface area contributed by atoms with E-state index in [9.17, 15) is 0 Å². The van der Waals surface area contributed by atoms with Crippen molar-refractivity contribution in [2.75, 3.05) is 30.8 Å². The Bertz CT molecular complexity index is 197. The van der Waals surface area contributed by atoms with E-state index in [4.69, 9.17) is 0 Å². The van der Waals surface area contributed by atoms with Crippen molar-refractivity contribution in [1.29, 1.82) is 0 Å². The zero-order valence-corrected chi connectivity index (χ0v) is 17.7. The first-order chi connectivity index (χ1) is 9.60. The molecule has 0 saturated carbocycles. The van der Waals surface area contributed by atoms with Gasteiger partial charge in [-0.2, -0.15) is 0 Å². The molecule has 4 heteroatoms. The van der Waals surface area contributed by atoms with Gasteiger partial charge in [0.2, 0.25) is 0 Å². The van der Waals surface area contributed by atoms with Crippen LogP contribution in [0, 0.1) is 0 Å². The van der Waals surface area contributed by atoms with Gasteiger partial charge in [-0.05, 0) is 36.5 Å². The molecule has 0 N–H and O–H groups in total. The molecule has 0 amide bonds. The summed E-state index contributed by atoms with van der Waals surface area (Å²) in [5.74, 6) is 0. The fourth-order valence-corrected chi connectivity index (χ4v) is 5.12. The maximum atomic E-state index is 4.26. The fourth-order valence-electron chi connectivity index (χ4n) is 1.83. The first-order valence-electron chi connectivity index (χ1n) is 7.48. The summed E-state index contributed by atoms with van der Waals surface area (Å²) in [4.78, 5) is 0. The zero-order valence-electron chi connectivity index (χ0n) is 14.1. The summed E-state index contributed by atoms with van der Waals surface area (Å²) in [6, 6.07) is 0. The molecule has 125 valence electrons. The van der Waals surface area contributed by atoms with Gasteiger partial charge in [-0.25, -0.2) is 0 Å². The molecular formula is C16H34ClNiP2. The van der Waals surface area contributed by atoms with Crippen molar-refractivity contribution in [2.45, 2.75) is 47.2 Å². The Kier molecular flexibility index (Phi) is 29.2. The second-order valence-electron chi connectivity index (χ2n) is 4.20. The standard InChI is InChI=1S/C10H19P.C6H15P.ClH.Ni/c1-5-8-9-10(4)11(6-2)7-3;1-4-7(5-2)6-3;;/h5,8-10H,1,6-7H2,2-4H3;4-6H2,1-3H3;1H;/q;;;+1/p-1/b9-8+;;;. The normalized spacial score (nSPS) is 11.8. The Balaban J connectivity index is -0.000000277. The second kappa shape index (κ2) is 22.4. The van der Waals surface area contributed by atoms with E-state index in [0.717, 1.165) is 5.66 Å². The van der Waals surface area contributed by atoms with Crippen LogP contribution in [0.2, 0.25) is 0 Å². The molecule has 0 radical (unpaired) electrons. The zero-order chi connectivity index (χ0) is 16.4. The topological polar surface area (TPSA) is 0 Å². The molecule has 0 aromatic rings. The van der Waals surface area contributed by atoms with Crippen LogP contribution in [-0.4, -0.2) is 36.5 Å². The molecule has 1 unspecified atom stereocenters. The van der Waals surface area contributed by atoms with Crippen molar-refractivity contribution in [2.24, 2.45) is 0 Å². The van der Waals surface area contributed by atoms with E-state index < -0.39 is 0 Å². The average molecular weight is 383 g/mol. The Hall–Kier alpha value is 1.12. The Morgan fingerprint density at radius 1 is 0.950 bits per heavy atom. The molecule has 0 aliphatic rings. The minimum absolute atomic E-state index is 0.236. The second-order valence-corrected chi connectivity index (χ2v) is 10.7. The van der Waals surface area contributed by atoms with Gasteiger partial charge in [0.15, 0.2) is 0 Å². The van der Waals surface area contributed by atoms with Crippen molar-refractivity contribution in [1.82, 2.24) is 0 Å². The van der Waals surface area contributed by atoms with Crippen LogP contribution in [0.1, 0.15) is 41.5 Å². The molecule has 0 saturated heterocycles. The molecule has 20 heavy (non-hydrogen) atoms. The van der Waals surface area contributed by atoms with Crippen LogP contribution in [0.15, 0.2) is 24.8 Å². The number of hydrogen-bond donors (Lipinski definition) is 0. The molecule has 0 aliphatic heterocycles. The van der Waals surface area contributed by atoms with Crippen molar-refractivity contribution >= 4 is 26.0 Å². The van der Waals surface area contributed by atoms with Gasteiger partial charge in [0.25, 0.3) is 0 Å². The summed E-state index contributed by atoms with van der Waals surface area (Å²) >= 11 is 3.35. The molecule has 0 fully saturated rings. The van der Waals surface area contributed by atoms with Crippen LogP contribution in [0.3, 0.4) is 0 Å². The van der Waals surface area contributed by atoms with Crippen LogP contribution in [0.25, 0.3) is 0 Å². The summed E-state index contributed by atoms with van der Waals surface area (Å²) in [5.41, 5.74) is 0.762. The fraction of sp³-hybridized carbons (Fsp3) is 0.750. The monoisotopic (exact) mass is 381 g/mol.